The molecule has 0 saturated heterocycles. The number of nitrogens with zero attached hydrogens (tertiary/aromatic N) is 3. The van der Waals surface area contributed by atoms with Gasteiger partial charge in [-0.05, 0) is 18.6 Å². The van der Waals surface area contributed by atoms with Gasteiger partial charge in [0.15, 0.2) is 16.7 Å². The van der Waals surface area contributed by atoms with E-state index in [1.807, 2.05) is 24.3 Å². The first kappa shape index (κ1) is 15.6. The number of fused-ring (bicyclic) bond motifs is 1. The van der Waals surface area contributed by atoms with Crippen LogP contribution in [-0.4, -0.2) is 26.5 Å². The third-order valence-electron chi connectivity index (χ3n) is 3.37. The normalized spacial score (nSPS) is 10.9. The van der Waals surface area contributed by atoms with Crippen LogP contribution < -0.4 is 10.1 Å². The molecule has 0 saturated carbocycles. The number of hydrogen-bond acceptors (Lipinski definition) is 6. The van der Waals surface area contributed by atoms with Crippen molar-refractivity contribution < 1.29 is 4.74 Å². The highest BCUT2D eigenvalue weighted by atomic mass is 32.1. The van der Waals surface area contributed by atoms with E-state index >= 15 is 0 Å². The molecule has 0 amide bonds. The van der Waals surface area contributed by atoms with Gasteiger partial charge in [-0.15, -0.1) is 12.6 Å². The summed E-state index contributed by atoms with van der Waals surface area (Å²) in [6.45, 7) is 3.30. The molecule has 3 aromatic rings. The minimum atomic E-state index is 0.326. The lowest BCUT2D eigenvalue weighted by Crippen LogP contribution is -2.07. The quantitative estimate of drug-likeness (QED) is 0.352. The smallest absolute Gasteiger partial charge is 0.186 e. The van der Waals surface area contributed by atoms with Gasteiger partial charge < -0.3 is 15.0 Å². The summed E-state index contributed by atoms with van der Waals surface area (Å²) in [6.07, 6.45) is 3.81. The predicted octanol–water partition coefficient (Wildman–Crippen LogP) is 3.43. The van der Waals surface area contributed by atoms with Gasteiger partial charge in [-0.3, -0.25) is 0 Å². The minimum absolute atomic E-state index is 0.326. The molecule has 120 valence electrons. The first-order valence-electron chi connectivity index (χ1n) is 7.62. The SMILES string of the molecule is CCCCNc1nc(S)ncc1OCc1nc2ccccc2[nH]1. The highest BCUT2D eigenvalue weighted by molar-refractivity contribution is 7.80. The molecule has 7 heteroatoms. The summed E-state index contributed by atoms with van der Waals surface area (Å²) in [5.41, 5.74) is 1.92. The number of para-hydroxylation sites is 2. The van der Waals surface area contributed by atoms with Gasteiger partial charge in [-0.2, -0.15) is 0 Å². The maximum Gasteiger partial charge on any atom is 0.186 e. The van der Waals surface area contributed by atoms with E-state index in [9.17, 15) is 0 Å². The second-order valence-electron chi connectivity index (χ2n) is 5.15. The van der Waals surface area contributed by atoms with Crippen LogP contribution in [-0.2, 0) is 6.61 Å². The summed E-state index contributed by atoms with van der Waals surface area (Å²) in [5, 5.41) is 3.68. The molecule has 0 atom stereocenters. The van der Waals surface area contributed by atoms with Gasteiger partial charge in [0.05, 0.1) is 17.2 Å². The molecule has 2 heterocycles. The number of anilines is 1. The second kappa shape index (κ2) is 7.32. The molecule has 23 heavy (non-hydrogen) atoms. The van der Waals surface area contributed by atoms with E-state index in [1.165, 1.54) is 0 Å². The van der Waals surface area contributed by atoms with Gasteiger partial charge >= 0.3 is 0 Å². The van der Waals surface area contributed by atoms with Gasteiger partial charge in [-0.1, -0.05) is 25.5 Å². The number of ether oxygens (including phenoxy) is 1. The Bertz CT molecular complexity index is 756. The first-order chi connectivity index (χ1) is 11.3. The summed E-state index contributed by atoms with van der Waals surface area (Å²) in [4.78, 5) is 16.1. The number of H-pyrrole nitrogens is 1. The Morgan fingerprint density at radius 2 is 2.13 bits per heavy atom. The van der Waals surface area contributed by atoms with Crippen LogP contribution in [0.15, 0.2) is 35.6 Å². The van der Waals surface area contributed by atoms with Crippen LogP contribution in [0, 0.1) is 0 Å². The largest absolute Gasteiger partial charge is 0.480 e. The number of benzene rings is 1. The van der Waals surface area contributed by atoms with Gasteiger partial charge in [0.2, 0.25) is 0 Å². The molecule has 0 radical (unpaired) electrons. The molecule has 1 aromatic carbocycles. The van der Waals surface area contributed by atoms with Crippen molar-refractivity contribution in [2.75, 3.05) is 11.9 Å². The van der Waals surface area contributed by atoms with Crippen molar-refractivity contribution in [3.05, 3.63) is 36.3 Å². The average molecular weight is 329 g/mol. The van der Waals surface area contributed by atoms with E-state index in [0.717, 1.165) is 36.2 Å². The Labute approximate surface area is 140 Å². The molecule has 0 aliphatic rings. The van der Waals surface area contributed by atoms with Crippen molar-refractivity contribution in [3.8, 4) is 5.75 Å². The fourth-order valence-electron chi connectivity index (χ4n) is 2.20. The van der Waals surface area contributed by atoms with Crippen LogP contribution in [0.4, 0.5) is 5.82 Å². The topological polar surface area (TPSA) is 75.7 Å². The van der Waals surface area contributed by atoms with Gasteiger partial charge in [0, 0.05) is 6.54 Å². The summed E-state index contributed by atoms with van der Waals surface area (Å²) in [7, 11) is 0. The lowest BCUT2D eigenvalue weighted by Gasteiger charge is -2.11. The van der Waals surface area contributed by atoms with Crippen molar-refractivity contribution in [2.45, 2.75) is 31.5 Å². The van der Waals surface area contributed by atoms with Gasteiger partial charge in [0.25, 0.3) is 0 Å². The Morgan fingerprint density at radius 3 is 2.96 bits per heavy atom. The fraction of sp³-hybridized carbons (Fsp3) is 0.312. The molecule has 3 rings (SSSR count). The molecule has 0 fully saturated rings. The maximum absolute atomic E-state index is 5.82. The van der Waals surface area contributed by atoms with Crippen LogP contribution in [0.5, 0.6) is 5.75 Å². The Hall–Kier alpha value is -2.28. The van der Waals surface area contributed by atoms with E-state index in [0.29, 0.717) is 23.3 Å². The monoisotopic (exact) mass is 329 g/mol. The number of aromatic amines is 1. The summed E-state index contributed by atoms with van der Waals surface area (Å²) in [6, 6.07) is 7.89. The molecule has 2 N–H and O–H groups in total. The zero-order valence-corrected chi connectivity index (χ0v) is 13.8. The Balaban J connectivity index is 1.71. The lowest BCUT2D eigenvalue weighted by atomic mass is 10.3. The molecule has 0 aliphatic carbocycles. The van der Waals surface area contributed by atoms with E-state index in [1.54, 1.807) is 6.20 Å². The van der Waals surface area contributed by atoms with E-state index in [2.05, 4.69) is 44.8 Å². The number of nitrogens with one attached hydrogen (secondary N) is 2. The van der Waals surface area contributed by atoms with Crippen molar-refractivity contribution >= 4 is 29.5 Å². The summed E-state index contributed by atoms with van der Waals surface area (Å²) >= 11 is 4.18. The van der Waals surface area contributed by atoms with Crippen LogP contribution in [0.1, 0.15) is 25.6 Å². The van der Waals surface area contributed by atoms with Crippen molar-refractivity contribution in [2.24, 2.45) is 0 Å². The van der Waals surface area contributed by atoms with E-state index < -0.39 is 0 Å². The molecular weight excluding hydrogens is 310 g/mol. The molecule has 0 spiro atoms. The molecule has 0 aliphatic heterocycles. The van der Waals surface area contributed by atoms with Crippen molar-refractivity contribution in [1.29, 1.82) is 0 Å². The number of imidazole rings is 1. The number of hydrogen-bond donors (Lipinski definition) is 3. The maximum atomic E-state index is 5.82. The minimum Gasteiger partial charge on any atom is -0.480 e. The Kier molecular flexibility index (Phi) is 4.97. The number of unbranched alkanes of at least 4 members (excludes halogenated alkanes) is 1. The second-order valence-corrected chi connectivity index (χ2v) is 5.55. The fourth-order valence-corrected chi connectivity index (χ4v) is 2.36. The third-order valence-corrected chi connectivity index (χ3v) is 3.58. The predicted molar refractivity (Wildman–Crippen MR) is 93.1 cm³/mol. The van der Waals surface area contributed by atoms with E-state index in [4.69, 9.17) is 4.74 Å². The van der Waals surface area contributed by atoms with Crippen molar-refractivity contribution in [3.63, 3.8) is 0 Å². The average Bonchev–Trinajstić information content (AvgIpc) is 2.97. The van der Waals surface area contributed by atoms with Crippen LogP contribution >= 0.6 is 12.6 Å². The highest BCUT2D eigenvalue weighted by Crippen LogP contribution is 2.23. The van der Waals surface area contributed by atoms with Crippen LogP contribution in [0.3, 0.4) is 0 Å². The lowest BCUT2D eigenvalue weighted by molar-refractivity contribution is 0.296. The molecule has 6 nitrogen and oxygen atoms in total. The van der Waals surface area contributed by atoms with Crippen molar-refractivity contribution in [1.82, 2.24) is 19.9 Å². The summed E-state index contributed by atoms with van der Waals surface area (Å²) < 4.78 is 5.82. The molecule has 0 bridgehead atoms. The number of rotatable bonds is 7. The van der Waals surface area contributed by atoms with Crippen LogP contribution in [0.2, 0.25) is 0 Å². The zero-order valence-electron chi connectivity index (χ0n) is 12.9. The van der Waals surface area contributed by atoms with Gasteiger partial charge in [-0.25, -0.2) is 15.0 Å². The van der Waals surface area contributed by atoms with E-state index in [-0.39, 0.29) is 0 Å². The number of thiol groups is 1. The molecule has 0 unspecified atom stereocenters. The third kappa shape index (κ3) is 3.92. The van der Waals surface area contributed by atoms with Gasteiger partial charge in [0.1, 0.15) is 12.4 Å². The summed E-state index contributed by atoms with van der Waals surface area (Å²) in [5.74, 6) is 2.02. The standard InChI is InChI=1S/C16H19N5OS/c1-2-3-8-17-15-13(9-18-16(23)21-15)22-10-14-19-11-6-4-5-7-12(11)20-14/h4-7,9H,2-3,8,10H2,1H3,(H,19,20)(H2,17,18,21,23). The number of aromatic nitrogens is 4. The molecule has 2 aromatic heterocycles. The molecular formula is C16H19N5OS. The first-order valence-corrected chi connectivity index (χ1v) is 8.07. The van der Waals surface area contributed by atoms with Crippen LogP contribution in [0.25, 0.3) is 11.0 Å². The Morgan fingerprint density at radius 1 is 1.26 bits per heavy atom. The highest BCUT2D eigenvalue weighted by Gasteiger charge is 2.09. The zero-order chi connectivity index (χ0) is 16.1.